The molecule has 0 aromatic heterocycles. The Balaban J connectivity index is 1.54. The second kappa shape index (κ2) is 7.31. The first kappa shape index (κ1) is 17.4. The van der Waals surface area contributed by atoms with Crippen molar-refractivity contribution in [2.24, 2.45) is 0 Å². The largest absolute Gasteiger partial charge is 0.436 e. The zero-order chi connectivity index (χ0) is 18.1. The van der Waals surface area contributed by atoms with E-state index < -0.39 is 18.2 Å². The molecule has 2 atom stereocenters. The molecule has 2 aliphatic heterocycles. The number of esters is 1. The number of carbonyl (C=O) groups is 2. The highest BCUT2D eigenvalue weighted by Crippen LogP contribution is 2.40. The molecular weight excluding hydrogens is 374 g/mol. The van der Waals surface area contributed by atoms with Crippen LogP contribution in [0, 0.1) is 0 Å². The molecule has 2 aromatic carbocycles. The van der Waals surface area contributed by atoms with Crippen LogP contribution in [0.4, 0.5) is 0 Å². The Hall–Kier alpha value is -2.02. The molecule has 2 heterocycles. The minimum atomic E-state index is -0.946. The maximum absolute atomic E-state index is 11.5. The number of carbonyl (C=O) groups excluding carboxylic acids is 2. The summed E-state index contributed by atoms with van der Waals surface area (Å²) in [5, 5.41) is 2.18. The molecule has 26 heavy (non-hydrogen) atoms. The van der Waals surface area contributed by atoms with E-state index in [1.54, 1.807) is 11.8 Å². The van der Waals surface area contributed by atoms with Gasteiger partial charge >= 0.3 is 11.9 Å². The number of rotatable bonds is 3. The van der Waals surface area contributed by atoms with Gasteiger partial charge in [-0.1, -0.05) is 46.6 Å². The first-order chi connectivity index (χ1) is 12.6. The van der Waals surface area contributed by atoms with Gasteiger partial charge in [0.2, 0.25) is 0 Å². The van der Waals surface area contributed by atoms with Crippen LogP contribution in [0.2, 0.25) is 5.02 Å². The van der Waals surface area contributed by atoms with Crippen LogP contribution in [0.1, 0.15) is 24.3 Å². The third-order valence-electron chi connectivity index (χ3n) is 4.52. The van der Waals surface area contributed by atoms with Crippen molar-refractivity contribution in [3.8, 4) is 0 Å². The molecule has 0 aliphatic carbocycles. The lowest BCUT2D eigenvalue weighted by Crippen LogP contribution is -2.51. The fourth-order valence-corrected chi connectivity index (χ4v) is 4.41. The van der Waals surface area contributed by atoms with Crippen LogP contribution in [-0.2, 0) is 19.2 Å². The van der Waals surface area contributed by atoms with E-state index in [0.717, 1.165) is 16.2 Å². The molecule has 0 N–H and O–H groups in total. The summed E-state index contributed by atoms with van der Waals surface area (Å²) in [6.07, 6.45) is 0.893. The highest BCUT2D eigenvalue weighted by Gasteiger charge is 2.41. The van der Waals surface area contributed by atoms with E-state index in [2.05, 4.69) is 12.1 Å². The van der Waals surface area contributed by atoms with Crippen LogP contribution < -0.4 is 0 Å². The maximum atomic E-state index is 11.5. The van der Waals surface area contributed by atoms with Gasteiger partial charge in [-0.15, -0.1) is 0 Å². The van der Waals surface area contributed by atoms with E-state index in [1.165, 1.54) is 10.6 Å². The third kappa shape index (κ3) is 3.58. The first-order valence-corrected chi connectivity index (χ1v) is 9.51. The fourth-order valence-electron chi connectivity index (χ4n) is 3.26. The Bertz CT molecular complexity index is 842. The number of ether oxygens (including phenoxy) is 1. The fraction of sp³-hybridized carbons (Fsp3) is 0.263. The highest BCUT2D eigenvalue weighted by atomic mass is 35.5. The second-order valence-electron chi connectivity index (χ2n) is 6.19. The van der Waals surface area contributed by atoms with Crippen LogP contribution in [0.25, 0.3) is 0 Å². The van der Waals surface area contributed by atoms with Crippen molar-refractivity contribution in [3.05, 3.63) is 59.1 Å². The number of halogens is 1. The highest BCUT2D eigenvalue weighted by molar-refractivity contribution is 7.99. The van der Waals surface area contributed by atoms with Gasteiger partial charge < -0.3 is 9.57 Å². The monoisotopic (exact) mass is 389 g/mol. The van der Waals surface area contributed by atoms with Crippen molar-refractivity contribution < 1.29 is 19.2 Å². The van der Waals surface area contributed by atoms with Crippen molar-refractivity contribution in [2.45, 2.75) is 34.8 Å². The van der Waals surface area contributed by atoms with Crippen molar-refractivity contribution >= 4 is 35.3 Å². The van der Waals surface area contributed by atoms with E-state index in [1.807, 2.05) is 36.4 Å². The first-order valence-electron chi connectivity index (χ1n) is 8.32. The number of hydrogen-bond donors (Lipinski definition) is 0. The third-order valence-corrected chi connectivity index (χ3v) is 5.87. The number of benzene rings is 2. The van der Waals surface area contributed by atoms with E-state index in [-0.39, 0.29) is 5.92 Å². The molecule has 0 bridgehead atoms. The van der Waals surface area contributed by atoms with E-state index in [4.69, 9.17) is 21.2 Å². The number of nitrogens with zero attached hydrogens (tertiary/aromatic N) is 1. The molecule has 0 radical (unpaired) electrons. The van der Waals surface area contributed by atoms with E-state index in [9.17, 15) is 9.59 Å². The predicted octanol–water partition coefficient (Wildman–Crippen LogP) is 4.01. The molecule has 4 rings (SSSR count). The summed E-state index contributed by atoms with van der Waals surface area (Å²) in [5.74, 6) is -1.65. The number of hydrogen-bond acceptors (Lipinski definition) is 6. The molecule has 5 nitrogen and oxygen atoms in total. The molecule has 134 valence electrons. The molecule has 2 saturated heterocycles. The normalized spacial score (nSPS) is 23.1. The lowest BCUT2D eigenvalue weighted by atomic mass is 9.89. The number of hydroxylamine groups is 2. The SMILES string of the molecule is O=C1OC2CC(c3ccccc3Sc3ccc(Cl)cc3)CCN2OC1=O. The lowest BCUT2D eigenvalue weighted by Gasteiger charge is -2.39. The van der Waals surface area contributed by atoms with Gasteiger partial charge in [0.1, 0.15) is 0 Å². The zero-order valence-electron chi connectivity index (χ0n) is 13.8. The Morgan fingerprint density at radius 1 is 1.04 bits per heavy atom. The Kier molecular flexibility index (Phi) is 4.89. The zero-order valence-corrected chi connectivity index (χ0v) is 15.3. The quantitative estimate of drug-likeness (QED) is 0.584. The number of piperidine rings is 1. The summed E-state index contributed by atoms with van der Waals surface area (Å²) < 4.78 is 5.22. The molecular formula is C19H16ClNO4S. The van der Waals surface area contributed by atoms with Crippen LogP contribution in [0.5, 0.6) is 0 Å². The molecule has 2 fully saturated rings. The van der Waals surface area contributed by atoms with Crippen LogP contribution >= 0.6 is 23.4 Å². The summed E-state index contributed by atoms with van der Waals surface area (Å²) in [6.45, 7) is 0.536. The Labute approximate surface area is 160 Å². The van der Waals surface area contributed by atoms with Crippen molar-refractivity contribution in [1.82, 2.24) is 5.06 Å². The summed E-state index contributed by atoms with van der Waals surface area (Å²) >= 11 is 7.65. The van der Waals surface area contributed by atoms with Gasteiger partial charge in [0.25, 0.3) is 0 Å². The average Bonchev–Trinajstić information content (AvgIpc) is 2.65. The molecule has 2 unspecified atom stereocenters. The van der Waals surface area contributed by atoms with Gasteiger partial charge in [-0.05, 0) is 48.2 Å². The maximum Gasteiger partial charge on any atom is 0.436 e. The molecule has 0 spiro atoms. The average molecular weight is 390 g/mol. The Morgan fingerprint density at radius 2 is 1.81 bits per heavy atom. The van der Waals surface area contributed by atoms with Crippen molar-refractivity contribution in [3.63, 3.8) is 0 Å². The van der Waals surface area contributed by atoms with Crippen LogP contribution in [-0.4, -0.2) is 29.8 Å². The van der Waals surface area contributed by atoms with Gasteiger partial charge in [0, 0.05) is 27.8 Å². The summed E-state index contributed by atoms with van der Waals surface area (Å²) in [4.78, 5) is 30.1. The van der Waals surface area contributed by atoms with Gasteiger partial charge in [-0.2, -0.15) is 0 Å². The van der Waals surface area contributed by atoms with Crippen LogP contribution in [0.3, 0.4) is 0 Å². The van der Waals surface area contributed by atoms with E-state index >= 15 is 0 Å². The number of fused-ring (bicyclic) bond motifs is 1. The second-order valence-corrected chi connectivity index (χ2v) is 7.75. The van der Waals surface area contributed by atoms with Gasteiger partial charge in [0.05, 0.1) is 0 Å². The van der Waals surface area contributed by atoms with Gasteiger partial charge in [0.15, 0.2) is 6.23 Å². The molecule has 2 aromatic rings. The smallest absolute Gasteiger partial charge is 0.435 e. The van der Waals surface area contributed by atoms with E-state index in [0.29, 0.717) is 18.0 Å². The Morgan fingerprint density at radius 3 is 2.62 bits per heavy atom. The van der Waals surface area contributed by atoms with Crippen LogP contribution in [0.15, 0.2) is 58.3 Å². The minimum absolute atomic E-state index is 0.219. The van der Waals surface area contributed by atoms with Crippen molar-refractivity contribution in [2.75, 3.05) is 6.54 Å². The summed E-state index contributed by atoms with van der Waals surface area (Å²) in [7, 11) is 0. The summed E-state index contributed by atoms with van der Waals surface area (Å²) in [6, 6.07) is 16.0. The lowest BCUT2D eigenvalue weighted by molar-refractivity contribution is -0.275. The summed E-state index contributed by atoms with van der Waals surface area (Å²) in [5.41, 5.74) is 1.21. The standard InChI is InChI=1S/C19H16ClNO4S/c20-13-5-7-14(8-6-13)26-16-4-2-1-3-15(16)12-9-10-21-17(11-12)24-18(22)19(23)25-21/h1-8,12,17H,9-11H2. The van der Waals surface area contributed by atoms with Gasteiger partial charge in [-0.3, -0.25) is 0 Å². The molecule has 2 aliphatic rings. The minimum Gasteiger partial charge on any atom is -0.435 e. The topological polar surface area (TPSA) is 55.8 Å². The molecule has 0 saturated carbocycles. The van der Waals surface area contributed by atoms with Crippen molar-refractivity contribution in [1.29, 1.82) is 0 Å². The molecule has 0 amide bonds. The van der Waals surface area contributed by atoms with Gasteiger partial charge in [-0.25, -0.2) is 9.59 Å². The molecule has 7 heteroatoms. The predicted molar refractivity (Wildman–Crippen MR) is 96.7 cm³/mol.